The Labute approximate surface area is 234 Å². The summed E-state index contributed by atoms with van der Waals surface area (Å²) >= 11 is 0. The minimum Gasteiger partial charge on any atom is -0.447 e. The monoisotopic (exact) mass is 553 g/mol. The van der Waals surface area contributed by atoms with Gasteiger partial charge in [-0.25, -0.2) is 9.59 Å². The second kappa shape index (κ2) is 12.7. The Hall–Kier alpha value is -3.60. The van der Waals surface area contributed by atoms with Crippen molar-refractivity contribution in [2.75, 3.05) is 39.3 Å². The molecule has 3 aliphatic rings. The Kier molecular flexibility index (Phi) is 9.34. The number of nitrogens with zero attached hydrogens (tertiary/aromatic N) is 4. The quantitative estimate of drug-likeness (QED) is 0.240. The maximum absolute atomic E-state index is 13.3. The van der Waals surface area contributed by atoms with Gasteiger partial charge in [0.15, 0.2) is 0 Å². The Morgan fingerprint density at radius 2 is 2.00 bits per heavy atom. The van der Waals surface area contributed by atoms with Gasteiger partial charge in [-0.3, -0.25) is 14.6 Å². The van der Waals surface area contributed by atoms with Gasteiger partial charge in [-0.15, -0.1) is 0 Å². The molecule has 3 atom stereocenters. The third kappa shape index (κ3) is 7.13. The molecule has 1 unspecified atom stereocenters. The van der Waals surface area contributed by atoms with Crippen LogP contribution in [0.2, 0.25) is 0 Å². The number of cyclic esters (lactones) is 1. The molecule has 0 radical (unpaired) electrons. The minimum atomic E-state index is -1.78. The topological polar surface area (TPSA) is 156 Å². The maximum Gasteiger partial charge on any atom is 0.475 e. The SMILES string of the molecule is CC(C)(C=C(C#N)C(=O)N1CCC[C@H](OC(=O)NC(Cc2ccccc2)B(O)O)C1)N1CCN2C(=O)OC[C@@H]2C1. The molecule has 0 aliphatic carbocycles. The molecular formula is C27H36BN5O7. The van der Waals surface area contributed by atoms with Crippen molar-refractivity contribution in [1.29, 1.82) is 5.26 Å². The number of hydrogen-bond donors (Lipinski definition) is 3. The van der Waals surface area contributed by atoms with Gasteiger partial charge in [-0.1, -0.05) is 30.3 Å². The number of ether oxygens (including phenoxy) is 2. The third-order valence-corrected chi connectivity index (χ3v) is 7.68. The number of carbonyl (C=O) groups is 3. The number of rotatable bonds is 8. The summed E-state index contributed by atoms with van der Waals surface area (Å²) in [5.74, 6) is -1.41. The van der Waals surface area contributed by atoms with E-state index >= 15 is 0 Å². The molecule has 1 aromatic carbocycles. The standard InChI is InChI=1S/C27H36BN5O7/c1-27(2,32-11-12-33-21(16-32)18-39-26(33)36)14-20(15-29)24(34)31-10-6-9-22(17-31)40-25(35)30-23(28(37)38)13-19-7-4-3-5-8-19/h3-5,7-8,14,21-23,37-38H,6,9-13,16-18H2,1-2H3,(H,30,35)/t21-,22-,23?/m0/s1. The minimum absolute atomic E-state index is 0.00241. The van der Waals surface area contributed by atoms with E-state index in [-0.39, 0.29) is 30.7 Å². The van der Waals surface area contributed by atoms with Crippen LogP contribution in [0, 0.1) is 11.3 Å². The largest absolute Gasteiger partial charge is 0.475 e. The molecule has 0 aromatic heterocycles. The highest BCUT2D eigenvalue weighted by Gasteiger charge is 2.41. The average Bonchev–Trinajstić information content (AvgIpc) is 3.31. The van der Waals surface area contributed by atoms with E-state index < -0.39 is 36.7 Å². The molecule has 3 heterocycles. The first-order valence-corrected chi connectivity index (χ1v) is 13.5. The number of alkyl carbamates (subject to hydrolysis) is 1. The summed E-state index contributed by atoms with van der Waals surface area (Å²) in [6.45, 7) is 6.41. The number of nitrogens with one attached hydrogen (secondary N) is 1. The highest BCUT2D eigenvalue weighted by atomic mass is 16.6. The van der Waals surface area contributed by atoms with Crippen molar-refractivity contribution in [1.82, 2.24) is 20.0 Å². The summed E-state index contributed by atoms with van der Waals surface area (Å²) < 4.78 is 10.7. The van der Waals surface area contributed by atoms with Crippen molar-refractivity contribution in [3.05, 3.63) is 47.5 Å². The van der Waals surface area contributed by atoms with Crippen LogP contribution in [-0.4, -0.2) is 113 Å². The van der Waals surface area contributed by atoms with Gasteiger partial charge in [0, 0.05) is 31.7 Å². The number of hydrogen-bond acceptors (Lipinski definition) is 9. The highest BCUT2D eigenvalue weighted by molar-refractivity contribution is 6.43. The Balaban J connectivity index is 1.34. The van der Waals surface area contributed by atoms with Crippen LogP contribution in [0.1, 0.15) is 32.3 Å². The number of piperazine rings is 1. The van der Waals surface area contributed by atoms with Gasteiger partial charge in [0.05, 0.1) is 18.5 Å². The second-order valence-electron chi connectivity index (χ2n) is 11.0. The van der Waals surface area contributed by atoms with Gasteiger partial charge in [0.1, 0.15) is 24.4 Å². The first kappa shape index (κ1) is 29.4. The average molecular weight is 553 g/mol. The lowest BCUT2D eigenvalue weighted by Gasteiger charge is -2.43. The van der Waals surface area contributed by atoms with Crippen LogP contribution < -0.4 is 5.32 Å². The van der Waals surface area contributed by atoms with Gasteiger partial charge in [0.25, 0.3) is 5.91 Å². The number of fused-ring (bicyclic) bond motifs is 1. The predicted octanol–water partition coefficient (Wildman–Crippen LogP) is 0.692. The molecule has 0 spiro atoms. The molecule has 3 fully saturated rings. The smallest absolute Gasteiger partial charge is 0.447 e. The Morgan fingerprint density at radius 3 is 2.70 bits per heavy atom. The number of amides is 3. The number of nitriles is 1. The number of piperidine rings is 1. The predicted molar refractivity (Wildman–Crippen MR) is 145 cm³/mol. The highest BCUT2D eigenvalue weighted by Crippen LogP contribution is 2.26. The zero-order valence-electron chi connectivity index (χ0n) is 22.9. The van der Waals surface area contributed by atoms with E-state index in [0.717, 1.165) is 5.56 Å². The molecule has 3 N–H and O–H groups in total. The molecule has 3 saturated heterocycles. The Morgan fingerprint density at radius 1 is 1.25 bits per heavy atom. The molecular weight excluding hydrogens is 517 g/mol. The van der Waals surface area contributed by atoms with Crippen LogP contribution in [-0.2, 0) is 20.7 Å². The van der Waals surface area contributed by atoms with E-state index in [0.29, 0.717) is 45.6 Å². The molecule has 0 saturated carbocycles. The van der Waals surface area contributed by atoms with E-state index in [9.17, 15) is 29.7 Å². The van der Waals surface area contributed by atoms with Gasteiger partial charge in [0.2, 0.25) is 0 Å². The number of benzene rings is 1. The fourth-order valence-electron chi connectivity index (χ4n) is 5.42. The molecule has 40 heavy (non-hydrogen) atoms. The van der Waals surface area contributed by atoms with Crippen molar-refractivity contribution >= 4 is 25.2 Å². The van der Waals surface area contributed by atoms with Crippen LogP contribution in [0.4, 0.5) is 9.59 Å². The van der Waals surface area contributed by atoms with Gasteiger partial charge >= 0.3 is 19.3 Å². The van der Waals surface area contributed by atoms with Gasteiger partial charge in [-0.05, 0) is 44.7 Å². The zero-order chi connectivity index (χ0) is 28.9. The molecule has 3 amide bonds. The van der Waals surface area contributed by atoms with Crippen molar-refractivity contribution in [3.63, 3.8) is 0 Å². The van der Waals surface area contributed by atoms with Crippen molar-refractivity contribution < 1.29 is 33.9 Å². The third-order valence-electron chi connectivity index (χ3n) is 7.68. The molecule has 1 aromatic rings. The summed E-state index contributed by atoms with van der Waals surface area (Å²) in [5.41, 5.74) is 0.201. The lowest BCUT2D eigenvalue weighted by Crippen LogP contribution is -2.58. The first-order valence-electron chi connectivity index (χ1n) is 13.5. The lowest BCUT2D eigenvalue weighted by molar-refractivity contribution is -0.129. The van der Waals surface area contributed by atoms with Crippen LogP contribution in [0.3, 0.4) is 0 Å². The molecule has 12 nitrogen and oxygen atoms in total. The van der Waals surface area contributed by atoms with E-state index in [1.54, 1.807) is 11.0 Å². The lowest BCUT2D eigenvalue weighted by atomic mass is 9.76. The molecule has 4 rings (SSSR count). The van der Waals surface area contributed by atoms with E-state index in [4.69, 9.17) is 9.47 Å². The molecule has 0 bridgehead atoms. The summed E-state index contributed by atoms with van der Waals surface area (Å²) in [6, 6.07) is 11.1. The second-order valence-corrected chi connectivity index (χ2v) is 11.0. The van der Waals surface area contributed by atoms with Crippen LogP contribution in [0.25, 0.3) is 0 Å². The van der Waals surface area contributed by atoms with Crippen molar-refractivity contribution in [2.24, 2.45) is 0 Å². The fraction of sp³-hybridized carbons (Fsp3) is 0.556. The maximum atomic E-state index is 13.3. The summed E-state index contributed by atoms with van der Waals surface area (Å²) in [5, 5.41) is 31.9. The normalized spacial score (nSPS) is 22.6. The molecule has 13 heteroatoms. The fourth-order valence-corrected chi connectivity index (χ4v) is 5.42. The summed E-state index contributed by atoms with van der Waals surface area (Å²) in [7, 11) is -1.78. The molecule has 3 aliphatic heterocycles. The summed E-state index contributed by atoms with van der Waals surface area (Å²) in [4.78, 5) is 43.1. The zero-order valence-corrected chi connectivity index (χ0v) is 22.9. The van der Waals surface area contributed by atoms with E-state index in [1.165, 1.54) is 4.90 Å². The van der Waals surface area contributed by atoms with Gasteiger partial charge in [-0.2, -0.15) is 5.26 Å². The van der Waals surface area contributed by atoms with Crippen LogP contribution in [0.15, 0.2) is 42.0 Å². The first-order chi connectivity index (χ1) is 19.1. The van der Waals surface area contributed by atoms with E-state index in [2.05, 4.69) is 10.2 Å². The van der Waals surface area contributed by atoms with Crippen LogP contribution >= 0.6 is 0 Å². The van der Waals surface area contributed by atoms with Gasteiger partial charge < -0.3 is 29.7 Å². The Bertz CT molecular complexity index is 1160. The van der Waals surface area contributed by atoms with E-state index in [1.807, 2.05) is 50.2 Å². The molecule has 214 valence electrons. The summed E-state index contributed by atoms with van der Waals surface area (Å²) in [6.07, 6.45) is 1.27. The number of likely N-dealkylation sites (tertiary alicyclic amines) is 1. The number of carbonyl (C=O) groups excluding carboxylic acids is 3. The van der Waals surface area contributed by atoms with Crippen LogP contribution in [0.5, 0.6) is 0 Å². The van der Waals surface area contributed by atoms with Crippen molar-refractivity contribution in [2.45, 2.75) is 56.7 Å². The van der Waals surface area contributed by atoms with Crippen molar-refractivity contribution in [3.8, 4) is 6.07 Å².